The molecular formula is C54H33N3S. The van der Waals surface area contributed by atoms with E-state index in [-0.39, 0.29) is 0 Å². The van der Waals surface area contributed by atoms with Crippen LogP contribution in [-0.4, -0.2) is 15.0 Å². The molecule has 1 aliphatic carbocycles. The summed E-state index contributed by atoms with van der Waals surface area (Å²) in [7, 11) is 0. The van der Waals surface area contributed by atoms with E-state index in [1.807, 2.05) is 78.1 Å². The maximum absolute atomic E-state index is 5.01. The molecule has 270 valence electrons. The second-order valence-electron chi connectivity index (χ2n) is 14.5. The molecule has 8 aromatic carbocycles. The Morgan fingerprint density at radius 2 is 0.966 bits per heavy atom. The van der Waals surface area contributed by atoms with Crippen molar-refractivity contribution in [3.8, 4) is 67.5 Å². The quantitative estimate of drug-likeness (QED) is 0.152. The summed E-state index contributed by atoms with van der Waals surface area (Å²) < 4.78 is 2.54. The van der Waals surface area contributed by atoms with Crippen LogP contribution in [0.2, 0.25) is 0 Å². The maximum Gasteiger partial charge on any atom is 0.164 e. The Morgan fingerprint density at radius 1 is 0.397 bits per heavy atom. The van der Waals surface area contributed by atoms with Gasteiger partial charge < -0.3 is 0 Å². The Hall–Kier alpha value is -7.49. The summed E-state index contributed by atoms with van der Waals surface area (Å²) in [6, 6.07) is 64.6. The van der Waals surface area contributed by atoms with Crippen molar-refractivity contribution < 1.29 is 0 Å². The monoisotopic (exact) mass is 755 g/mol. The summed E-state index contributed by atoms with van der Waals surface area (Å²) >= 11 is 1.87. The summed E-state index contributed by atoms with van der Waals surface area (Å²) in [6.45, 7) is 0. The lowest BCUT2D eigenvalue weighted by Gasteiger charge is -2.13. The summed E-state index contributed by atoms with van der Waals surface area (Å²) in [5.74, 6) is 1.95. The van der Waals surface area contributed by atoms with Gasteiger partial charge in [0.25, 0.3) is 0 Å². The molecule has 0 spiro atoms. The second kappa shape index (κ2) is 14.2. The topological polar surface area (TPSA) is 38.7 Å². The number of hydrogen-bond acceptors (Lipinski definition) is 4. The minimum atomic E-state index is 0.644. The van der Waals surface area contributed by atoms with Gasteiger partial charge in [0.15, 0.2) is 17.5 Å². The van der Waals surface area contributed by atoms with Crippen molar-refractivity contribution in [2.75, 3.05) is 0 Å². The Balaban J connectivity index is 1.06. The van der Waals surface area contributed by atoms with E-state index >= 15 is 0 Å². The standard InChI is InChI=1S/C54H33N3S/c1-4-15-35(16-5-1)43-30-44(36-17-10-11-18-36)32-45(31-43)48-33-41-23-12-13-26-46(41)50-47-28-27-40(34-49(47)58-51(48)50)39-24-14-25-42(29-39)54-56-52(37-19-6-2-7-20-37)55-53(57-54)38-21-8-3-9-22-38/h1-10,12-34H. The van der Waals surface area contributed by atoms with Gasteiger partial charge in [0.05, 0.1) is 0 Å². The van der Waals surface area contributed by atoms with Crippen molar-refractivity contribution in [2.24, 2.45) is 0 Å². The van der Waals surface area contributed by atoms with Gasteiger partial charge in [-0.2, -0.15) is 0 Å². The first-order valence-corrected chi connectivity index (χ1v) is 20.2. The van der Waals surface area contributed by atoms with Gasteiger partial charge in [-0.05, 0) is 104 Å². The van der Waals surface area contributed by atoms with Gasteiger partial charge in [0.1, 0.15) is 0 Å². The van der Waals surface area contributed by atoms with Crippen molar-refractivity contribution >= 4 is 47.9 Å². The zero-order valence-electron chi connectivity index (χ0n) is 31.3. The van der Waals surface area contributed by atoms with Crippen molar-refractivity contribution in [2.45, 2.75) is 0 Å². The van der Waals surface area contributed by atoms with Crippen LogP contribution < -0.4 is 0 Å². The highest BCUT2D eigenvalue weighted by molar-refractivity contribution is 7.26. The number of benzene rings is 8. The first-order valence-electron chi connectivity index (χ1n) is 19.4. The lowest BCUT2D eigenvalue weighted by atomic mass is 9.91. The second-order valence-corrected chi connectivity index (χ2v) is 15.6. The number of allylic oxidation sites excluding steroid dienone is 3. The number of nitrogens with zero attached hydrogens (tertiary/aromatic N) is 3. The summed E-state index contributed by atoms with van der Waals surface area (Å²) in [6.07, 6.45) is 6.21. The van der Waals surface area contributed by atoms with Crippen LogP contribution in [0, 0.1) is 0 Å². The zero-order chi connectivity index (χ0) is 38.4. The maximum atomic E-state index is 5.01. The largest absolute Gasteiger partial charge is 0.208 e. The van der Waals surface area contributed by atoms with Crippen molar-refractivity contribution in [1.29, 1.82) is 0 Å². The molecule has 3 nitrogen and oxygen atoms in total. The molecule has 0 atom stereocenters. The zero-order valence-corrected chi connectivity index (χ0v) is 32.1. The third-order valence-electron chi connectivity index (χ3n) is 10.9. The van der Waals surface area contributed by atoms with Gasteiger partial charge >= 0.3 is 0 Å². The SMILES string of the molecule is C1=CC=C(c2cc(-c3ccccc3)cc(-c3cc4ccccc4c4c3sc3cc(-c5cccc(-c6nc(-c7ccccc7)nc(-c7ccccc7)n6)c5)ccc34)c2)C=1. The Bertz CT molecular complexity index is 3240. The molecule has 58 heavy (non-hydrogen) atoms. The lowest BCUT2D eigenvalue weighted by molar-refractivity contribution is 1.07. The molecule has 0 bridgehead atoms. The number of aromatic nitrogens is 3. The summed E-state index contributed by atoms with van der Waals surface area (Å²) in [5.41, 5.74) is 15.6. The first-order chi connectivity index (χ1) is 28.7. The van der Waals surface area contributed by atoms with Crippen LogP contribution in [-0.2, 0) is 0 Å². The van der Waals surface area contributed by atoms with E-state index in [0.29, 0.717) is 17.5 Å². The number of fused-ring (bicyclic) bond motifs is 5. The molecule has 2 aromatic heterocycles. The van der Waals surface area contributed by atoms with E-state index in [0.717, 1.165) is 27.8 Å². The molecule has 10 aromatic rings. The van der Waals surface area contributed by atoms with Gasteiger partial charge in [-0.25, -0.2) is 15.0 Å². The molecule has 4 heteroatoms. The molecule has 1 aliphatic rings. The lowest BCUT2D eigenvalue weighted by Crippen LogP contribution is -2.00. The van der Waals surface area contributed by atoms with Gasteiger partial charge in [-0.1, -0.05) is 146 Å². The van der Waals surface area contributed by atoms with Gasteiger partial charge in [0, 0.05) is 42.4 Å². The Labute approximate surface area is 340 Å². The molecule has 2 heterocycles. The minimum absolute atomic E-state index is 0.644. The molecule has 0 radical (unpaired) electrons. The molecule has 11 rings (SSSR count). The normalized spacial score (nSPS) is 12.2. The number of rotatable bonds is 7. The third-order valence-corrected chi connectivity index (χ3v) is 12.1. The number of hydrogen-bond donors (Lipinski definition) is 0. The van der Waals surface area contributed by atoms with Crippen LogP contribution in [0.5, 0.6) is 0 Å². The smallest absolute Gasteiger partial charge is 0.164 e. The fourth-order valence-electron chi connectivity index (χ4n) is 8.05. The third kappa shape index (κ3) is 6.14. The van der Waals surface area contributed by atoms with Crippen LogP contribution >= 0.6 is 11.3 Å². The minimum Gasteiger partial charge on any atom is -0.208 e. The molecule has 0 unspecified atom stereocenters. The predicted molar refractivity (Wildman–Crippen MR) is 243 cm³/mol. The van der Waals surface area contributed by atoms with Crippen LogP contribution in [0.4, 0.5) is 0 Å². The van der Waals surface area contributed by atoms with E-state index in [2.05, 4.69) is 139 Å². The Morgan fingerprint density at radius 3 is 1.67 bits per heavy atom. The summed E-state index contributed by atoms with van der Waals surface area (Å²) in [5, 5.41) is 5.07. The van der Waals surface area contributed by atoms with Gasteiger partial charge in [-0.3, -0.25) is 0 Å². The molecule has 0 saturated carbocycles. The molecular weight excluding hydrogens is 723 g/mol. The van der Waals surface area contributed by atoms with Crippen molar-refractivity contribution in [3.63, 3.8) is 0 Å². The van der Waals surface area contributed by atoms with Crippen molar-refractivity contribution in [3.05, 3.63) is 212 Å². The van der Waals surface area contributed by atoms with Gasteiger partial charge in [-0.15, -0.1) is 17.1 Å². The van der Waals surface area contributed by atoms with Crippen LogP contribution in [0.3, 0.4) is 0 Å². The summed E-state index contributed by atoms with van der Waals surface area (Å²) in [4.78, 5) is 14.9. The highest BCUT2D eigenvalue weighted by Crippen LogP contribution is 2.46. The highest BCUT2D eigenvalue weighted by Gasteiger charge is 2.18. The molecule has 0 amide bonds. The van der Waals surface area contributed by atoms with Crippen LogP contribution in [0.1, 0.15) is 5.56 Å². The molecule has 0 saturated heterocycles. The molecule has 0 aliphatic heterocycles. The average Bonchev–Trinajstić information content (AvgIpc) is 3.99. The van der Waals surface area contributed by atoms with E-state index in [9.17, 15) is 0 Å². The molecule has 0 fully saturated rings. The van der Waals surface area contributed by atoms with E-state index in [1.54, 1.807) is 0 Å². The fraction of sp³-hybridized carbons (Fsp3) is 0. The predicted octanol–water partition coefficient (Wildman–Crippen LogP) is 14.5. The van der Waals surface area contributed by atoms with E-state index < -0.39 is 0 Å². The van der Waals surface area contributed by atoms with E-state index in [1.165, 1.54) is 64.3 Å². The van der Waals surface area contributed by atoms with Crippen LogP contribution in [0.15, 0.2) is 206 Å². The Kier molecular flexibility index (Phi) is 8.29. The number of thiophene rings is 1. The average molecular weight is 756 g/mol. The van der Waals surface area contributed by atoms with E-state index in [4.69, 9.17) is 15.0 Å². The van der Waals surface area contributed by atoms with Gasteiger partial charge in [0.2, 0.25) is 0 Å². The fourth-order valence-corrected chi connectivity index (χ4v) is 9.34. The highest BCUT2D eigenvalue weighted by atomic mass is 32.1. The van der Waals surface area contributed by atoms with Crippen LogP contribution in [0.25, 0.3) is 104 Å². The first kappa shape index (κ1) is 33.8. The van der Waals surface area contributed by atoms with Crippen molar-refractivity contribution in [1.82, 2.24) is 15.0 Å². The molecule has 0 N–H and O–H groups in total.